The summed E-state index contributed by atoms with van der Waals surface area (Å²) >= 11 is 0. The zero-order valence-corrected chi connectivity index (χ0v) is 12.8. The average molecular weight is 304 g/mol. The number of hydrogen-bond donors (Lipinski definition) is 0. The highest BCUT2D eigenvalue weighted by atomic mass is 19.1. The molecule has 0 aromatic heterocycles. The molecular weight excluding hydrogens is 283 g/mol. The Balaban J connectivity index is 1.61. The van der Waals surface area contributed by atoms with Gasteiger partial charge in [0, 0.05) is 39.0 Å². The fraction of sp³-hybridized carbons (Fsp3) is 0.529. The first kappa shape index (κ1) is 15.0. The molecule has 0 N–H and O–H groups in total. The van der Waals surface area contributed by atoms with Gasteiger partial charge in [-0.1, -0.05) is 18.2 Å². The molecule has 1 aliphatic heterocycles. The molecular formula is C17H21FN2O2. The van der Waals surface area contributed by atoms with Gasteiger partial charge in [0.25, 0.3) is 0 Å². The lowest BCUT2D eigenvalue weighted by molar-refractivity contribution is -0.133. The third-order valence-corrected chi connectivity index (χ3v) is 4.67. The van der Waals surface area contributed by atoms with Crippen molar-refractivity contribution in [3.8, 4) is 0 Å². The topological polar surface area (TPSA) is 40.6 Å². The molecule has 2 atom stereocenters. The molecule has 0 spiro atoms. The lowest BCUT2D eigenvalue weighted by Crippen LogP contribution is -2.37. The van der Waals surface area contributed by atoms with Crippen molar-refractivity contribution in [1.82, 2.24) is 9.80 Å². The van der Waals surface area contributed by atoms with Crippen molar-refractivity contribution >= 4 is 11.8 Å². The van der Waals surface area contributed by atoms with Crippen LogP contribution in [-0.4, -0.2) is 47.8 Å². The normalized spacial score (nSPS) is 24.8. The van der Waals surface area contributed by atoms with Crippen LogP contribution in [0.4, 0.5) is 4.39 Å². The largest absolute Gasteiger partial charge is 0.341 e. The van der Waals surface area contributed by atoms with Gasteiger partial charge >= 0.3 is 0 Å². The van der Waals surface area contributed by atoms with Crippen molar-refractivity contribution in [2.75, 3.05) is 26.2 Å². The molecule has 1 aliphatic carbocycles. The summed E-state index contributed by atoms with van der Waals surface area (Å²) in [6, 6.07) is 6.71. The van der Waals surface area contributed by atoms with E-state index in [2.05, 4.69) is 0 Å². The quantitative estimate of drug-likeness (QED) is 0.838. The minimum absolute atomic E-state index is 0.0147. The fourth-order valence-electron chi connectivity index (χ4n) is 3.27. The number of rotatable bonds is 2. The van der Waals surface area contributed by atoms with E-state index < -0.39 is 0 Å². The molecule has 5 heteroatoms. The highest BCUT2D eigenvalue weighted by Gasteiger charge is 2.46. The summed E-state index contributed by atoms with van der Waals surface area (Å²) in [6.45, 7) is 4.13. The van der Waals surface area contributed by atoms with Crippen LogP contribution in [0, 0.1) is 11.7 Å². The van der Waals surface area contributed by atoms with Crippen LogP contribution in [0.3, 0.4) is 0 Å². The number of halogens is 1. The summed E-state index contributed by atoms with van der Waals surface area (Å²) in [5.41, 5.74) is 0.654. The zero-order valence-electron chi connectivity index (χ0n) is 12.8. The Morgan fingerprint density at radius 3 is 2.50 bits per heavy atom. The maximum Gasteiger partial charge on any atom is 0.226 e. The molecule has 1 saturated carbocycles. The third-order valence-electron chi connectivity index (χ3n) is 4.67. The summed E-state index contributed by atoms with van der Waals surface area (Å²) in [7, 11) is 0. The van der Waals surface area contributed by atoms with Gasteiger partial charge in [0.2, 0.25) is 11.8 Å². The van der Waals surface area contributed by atoms with E-state index in [1.807, 2.05) is 11.0 Å². The van der Waals surface area contributed by atoms with Crippen molar-refractivity contribution in [3.05, 3.63) is 35.6 Å². The van der Waals surface area contributed by atoms with Crippen LogP contribution in [0.15, 0.2) is 24.3 Å². The van der Waals surface area contributed by atoms with Gasteiger partial charge in [0.05, 0.1) is 0 Å². The van der Waals surface area contributed by atoms with E-state index in [9.17, 15) is 14.0 Å². The molecule has 1 aromatic rings. The maximum absolute atomic E-state index is 13.8. The second-order valence-electron chi connectivity index (χ2n) is 6.16. The predicted molar refractivity (Wildman–Crippen MR) is 80.7 cm³/mol. The Morgan fingerprint density at radius 2 is 1.77 bits per heavy atom. The van der Waals surface area contributed by atoms with Crippen LogP contribution in [0.25, 0.3) is 0 Å². The van der Waals surface area contributed by atoms with E-state index in [-0.39, 0.29) is 29.5 Å². The molecule has 2 fully saturated rings. The summed E-state index contributed by atoms with van der Waals surface area (Å²) < 4.78 is 13.8. The first-order valence-corrected chi connectivity index (χ1v) is 7.86. The highest BCUT2D eigenvalue weighted by Crippen LogP contribution is 2.49. The molecule has 1 heterocycles. The van der Waals surface area contributed by atoms with Crippen LogP contribution in [0.2, 0.25) is 0 Å². The molecule has 2 unspecified atom stereocenters. The number of carbonyl (C=O) groups excluding carboxylic acids is 2. The van der Waals surface area contributed by atoms with Crippen LogP contribution < -0.4 is 0 Å². The molecule has 2 amide bonds. The van der Waals surface area contributed by atoms with Gasteiger partial charge in [-0.15, -0.1) is 0 Å². The Kier molecular flexibility index (Phi) is 4.14. The lowest BCUT2D eigenvalue weighted by atomic mass is 10.1. The maximum atomic E-state index is 13.8. The molecule has 1 saturated heterocycles. The van der Waals surface area contributed by atoms with Gasteiger partial charge in [-0.2, -0.15) is 0 Å². The monoisotopic (exact) mass is 304 g/mol. The van der Waals surface area contributed by atoms with Crippen LogP contribution in [0.1, 0.15) is 31.2 Å². The SMILES string of the molecule is CC(=O)N1CCCN(C(=O)C2CC2c2ccccc2F)CC1. The van der Waals surface area contributed by atoms with Gasteiger partial charge in [-0.3, -0.25) is 9.59 Å². The number of amides is 2. The Labute approximate surface area is 129 Å². The average Bonchev–Trinajstić information content (AvgIpc) is 3.30. The first-order chi connectivity index (χ1) is 10.6. The van der Waals surface area contributed by atoms with E-state index in [0.717, 1.165) is 12.8 Å². The second-order valence-corrected chi connectivity index (χ2v) is 6.16. The molecule has 1 aromatic carbocycles. The van der Waals surface area contributed by atoms with Crippen molar-refractivity contribution in [3.63, 3.8) is 0 Å². The van der Waals surface area contributed by atoms with E-state index in [1.54, 1.807) is 24.0 Å². The molecule has 4 nitrogen and oxygen atoms in total. The number of carbonyl (C=O) groups is 2. The smallest absolute Gasteiger partial charge is 0.226 e. The van der Waals surface area contributed by atoms with Crippen molar-refractivity contribution in [2.45, 2.75) is 25.7 Å². The molecule has 0 radical (unpaired) electrons. The van der Waals surface area contributed by atoms with Crippen LogP contribution in [0.5, 0.6) is 0 Å². The summed E-state index contributed by atoms with van der Waals surface area (Å²) in [4.78, 5) is 27.6. The van der Waals surface area contributed by atoms with Gasteiger partial charge in [-0.05, 0) is 30.4 Å². The predicted octanol–water partition coefficient (Wildman–Crippen LogP) is 2.01. The molecule has 3 rings (SSSR count). The van der Waals surface area contributed by atoms with Crippen molar-refractivity contribution < 1.29 is 14.0 Å². The Hall–Kier alpha value is -1.91. The zero-order chi connectivity index (χ0) is 15.7. The van der Waals surface area contributed by atoms with Crippen LogP contribution >= 0.6 is 0 Å². The first-order valence-electron chi connectivity index (χ1n) is 7.86. The highest BCUT2D eigenvalue weighted by molar-refractivity contribution is 5.83. The van der Waals surface area contributed by atoms with Gasteiger partial charge < -0.3 is 9.80 Å². The van der Waals surface area contributed by atoms with Crippen LogP contribution in [-0.2, 0) is 9.59 Å². The van der Waals surface area contributed by atoms with E-state index in [4.69, 9.17) is 0 Å². The summed E-state index contributed by atoms with van der Waals surface area (Å²) in [5, 5.41) is 0. The van der Waals surface area contributed by atoms with E-state index in [1.165, 1.54) is 6.07 Å². The Morgan fingerprint density at radius 1 is 1.09 bits per heavy atom. The number of benzene rings is 1. The molecule has 118 valence electrons. The molecule has 22 heavy (non-hydrogen) atoms. The fourth-order valence-corrected chi connectivity index (χ4v) is 3.27. The molecule has 2 aliphatic rings. The summed E-state index contributed by atoms with van der Waals surface area (Å²) in [6.07, 6.45) is 1.54. The van der Waals surface area contributed by atoms with E-state index in [0.29, 0.717) is 31.7 Å². The van der Waals surface area contributed by atoms with E-state index >= 15 is 0 Å². The third kappa shape index (κ3) is 2.98. The van der Waals surface area contributed by atoms with Gasteiger partial charge in [0.1, 0.15) is 5.82 Å². The van der Waals surface area contributed by atoms with Gasteiger partial charge in [-0.25, -0.2) is 4.39 Å². The lowest BCUT2D eigenvalue weighted by Gasteiger charge is -2.21. The summed E-state index contributed by atoms with van der Waals surface area (Å²) in [5.74, 6) is -0.133. The standard InChI is InChI=1S/C17H21FN2O2/c1-12(21)19-7-4-8-20(10-9-19)17(22)15-11-14(15)13-5-2-3-6-16(13)18/h2-3,5-6,14-15H,4,7-11H2,1H3. The number of hydrogen-bond acceptors (Lipinski definition) is 2. The Bertz CT molecular complexity index is 590. The second kappa shape index (κ2) is 6.07. The minimum Gasteiger partial charge on any atom is -0.341 e. The van der Waals surface area contributed by atoms with Gasteiger partial charge in [0.15, 0.2) is 0 Å². The number of nitrogens with zero attached hydrogens (tertiary/aromatic N) is 2. The minimum atomic E-state index is -0.221. The molecule has 0 bridgehead atoms. The van der Waals surface area contributed by atoms with Crippen molar-refractivity contribution in [1.29, 1.82) is 0 Å². The van der Waals surface area contributed by atoms with Crippen molar-refractivity contribution in [2.24, 2.45) is 5.92 Å².